The highest BCUT2D eigenvalue weighted by Crippen LogP contribution is 2.46. The first-order valence-corrected chi connectivity index (χ1v) is 10.8. The van der Waals surface area contributed by atoms with Gasteiger partial charge >= 0.3 is 0 Å². The van der Waals surface area contributed by atoms with Crippen molar-refractivity contribution in [2.75, 3.05) is 32.0 Å². The van der Waals surface area contributed by atoms with Gasteiger partial charge in [0, 0.05) is 12.6 Å². The zero-order valence-electron chi connectivity index (χ0n) is 17.4. The summed E-state index contributed by atoms with van der Waals surface area (Å²) in [7, 11) is 5.08. The van der Waals surface area contributed by atoms with Crippen molar-refractivity contribution < 1.29 is 19.1 Å². The van der Waals surface area contributed by atoms with Crippen LogP contribution in [0.5, 0.6) is 11.5 Å². The predicted molar refractivity (Wildman–Crippen MR) is 117 cm³/mol. The van der Waals surface area contributed by atoms with Gasteiger partial charge < -0.3 is 14.4 Å². The maximum atomic E-state index is 13.5. The van der Waals surface area contributed by atoms with E-state index < -0.39 is 6.04 Å². The maximum Gasteiger partial charge on any atom is 0.266 e. The Labute approximate surface area is 180 Å². The molecule has 2 amide bonds. The molecule has 0 N–H and O–H groups in total. The number of carbonyl (C=O) groups is 2. The highest BCUT2D eigenvalue weighted by molar-refractivity contribution is 8.00. The first-order chi connectivity index (χ1) is 14.5. The Morgan fingerprint density at radius 1 is 1.03 bits per heavy atom. The second-order valence-corrected chi connectivity index (χ2v) is 8.39. The third kappa shape index (κ3) is 3.30. The Kier molecular flexibility index (Phi) is 5.62. The zero-order valence-corrected chi connectivity index (χ0v) is 18.3. The number of hydrogen-bond acceptors (Lipinski definition) is 6. The van der Waals surface area contributed by atoms with E-state index in [2.05, 4.69) is 0 Å². The van der Waals surface area contributed by atoms with Gasteiger partial charge in [-0.15, -0.1) is 11.8 Å². The van der Waals surface area contributed by atoms with Gasteiger partial charge in [0.25, 0.3) is 5.91 Å². The van der Waals surface area contributed by atoms with E-state index in [4.69, 9.17) is 9.47 Å². The molecule has 0 radical (unpaired) electrons. The quantitative estimate of drug-likeness (QED) is 0.731. The summed E-state index contributed by atoms with van der Waals surface area (Å²) < 4.78 is 10.9. The molecule has 4 rings (SSSR count). The zero-order chi connectivity index (χ0) is 21.4. The van der Waals surface area contributed by atoms with E-state index in [0.29, 0.717) is 17.3 Å². The minimum atomic E-state index is -0.599. The van der Waals surface area contributed by atoms with Crippen LogP contribution < -0.4 is 14.5 Å². The number of likely N-dealkylation sites (N-methyl/N-ethyl adjacent to an activating group) is 1. The Morgan fingerprint density at radius 3 is 2.43 bits per heavy atom. The fourth-order valence-electron chi connectivity index (χ4n) is 4.11. The maximum absolute atomic E-state index is 13.5. The van der Waals surface area contributed by atoms with Crippen molar-refractivity contribution in [2.24, 2.45) is 0 Å². The van der Waals surface area contributed by atoms with Crippen LogP contribution in [0.1, 0.15) is 17.9 Å². The van der Waals surface area contributed by atoms with Crippen LogP contribution in [0.25, 0.3) is 0 Å². The van der Waals surface area contributed by atoms with E-state index in [9.17, 15) is 9.59 Å². The molecular formula is C22H25N3O4S. The molecule has 8 heteroatoms. The van der Waals surface area contributed by atoms with Gasteiger partial charge in [-0.05, 0) is 37.3 Å². The lowest BCUT2D eigenvalue weighted by molar-refractivity contribution is -0.136. The monoisotopic (exact) mass is 427 g/mol. The number of rotatable bonds is 5. The molecule has 0 saturated carbocycles. The number of para-hydroxylation sites is 1. The molecule has 158 valence electrons. The summed E-state index contributed by atoms with van der Waals surface area (Å²) in [6.07, 6.45) is 0. The molecule has 2 heterocycles. The molecule has 0 aromatic heterocycles. The molecule has 0 aliphatic carbocycles. The summed E-state index contributed by atoms with van der Waals surface area (Å²) >= 11 is 1.50. The minimum absolute atomic E-state index is 0.0524. The van der Waals surface area contributed by atoms with Crippen LogP contribution in [0.15, 0.2) is 48.5 Å². The van der Waals surface area contributed by atoms with Gasteiger partial charge in [0.05, 0.1) is 31.7 Å². The normalized spacial score (nSPS) is 24.6. The lowest BCUT2D eigenvalue weighted by Crippen LogP contribution is -2.47. The summed E-state index contributed by atoms with van der Waals surface area (Å²) in [5.74, 6) is 1.50. The van der Waals surface area contributed by atoms with E-state index in [1.165, 1.54) is 11.8 Å². The average Bonchev–Trinajstić information content (AvgIpc) is 3.24. The third-order valence-electron chi connectivity index (χ3n) is 5.73. The molecule has 3 atom stereocenters. The standard InChI is InChI=1S/C22H25N3O4S/c1-14-20(21(27)25(23(14)2)15-8-6-5-7-9-15)24-19(26)13-30-22(24)17-12-16(28-3)10-11-18(17)29-4/h5-12,14,20,22H,13H2,1-4H3. The Balaban J connectivity index is 1.73. The van der Waals surface area contributed by atoms with Crippen LogP contribution in [0, 0.1) is 0 Å². The van der Waals surface area contributed by atoms with Gasteiger partial charge in [-0.25, -0.2) is 10.0 Å². The van der Waals surface area contributed by atoms with Crippen molar-refractivity contribution in [1.82, 2.24) is 9.91 Å². The molecule has 2 aliphatic rings. The second-order valence-electron chi connectivity index (χ2n) is 7.32. The fourth-order valence-corrected chi connectivity index (χ4v) is 5.33. The number of carbonyl (C=O) groups excluding carboxylic acids is 2. The summed E-state index contributed by atoms with van der Waals surface area (Å²) in [5, 5.41) is 3.23. The van der Waals surface area contributed by atoms with E-state index in [-0.39, 0.29) is 23.2 Å². The van der Waals surface area contributed by atoms with Crippen molar-refractivity contribution in [3.63, 3.8) is 0 Å². The van der Waals surface area contributed by atoms with E-state index >= 15 is 0 Å². The number of hydrogen-bond donors (Lipinski definition) is 0. The average molecular weight is 428 g/mol. The number of anilines is 1. The molecule has 2 fully saturated rings. The topological polar surface area (TPSA) is 62.3 Å². The highest BCUT2D eigenvalue weighted by atomic mass is 32.2. The number of benzene rings is 2. The molecule has 2 aliphatic heterocycles. The lowest BCUT2D eigenvalue weighted by Gasteiger charge is -2.32. The van der Waals surface area contributed by atoms with E-state index in [1.54, 1.807) is 24.1 Å². The number of ether oxygens (including phenoxy) is 2. The van der Waals surface area contributed by atoms with Crippen molar-refractivity contribution in [1.29, 1.82) is 0 Å². The summed E-state index contributed by atoms with van der Waals surface area (Å²) in [6, 6.07) is 14.3. The molecule has 3 unspecified atom stereocenters. The van der Waals surface area contributed by atoms with E-state index in [1.807, 2.05) is 67.5 Å². The minimum Gasteiger partial charge on any atom is -0.497 e. The van der Waals surface area contributed by atoms with Gasteiger partial charge in [0.2, 0.25) is 5.91 Å². The Morgan fingerprint density at radius 2 is 1.77 bits per heavy atom. The Hall–Kier alpha value is -2.71. The number of nitrogens with zero attached hydrogens (tertiary/aromatic N) is 3. The van der Waals surface area contributed by atoms with Crippen molar-refractivity contribution in [3.8, 4) is 11.5 Å². The fraction of sp³-hybridized carbons (Fsp3) is 0.364. The Bertz CT molecular complexity index is 955. The SMILES string of the molecule is COc1ccc(OC)c(C2SCC(=O)N2C2C(=O)N(c3ccccc3)N(C)C2C)c1. The van der Waals surface area contributed by atoms with Gasteiger partial charge in [0.1, 0.15) is 22.9 Å². The number of hydrazine groups is 1. The summed E-state index contributed by atoms with van der Waals surface area (Å²) in [5.41, 5.74) is 1.61. The van der Waals surface area contributed by atoms with Crippen LogP contribution in [0.2, 0.25) is 0 Å². The first kappa shape index (κ1) is 20.6. The number of thioether (sulfide) groups is 1. The van der Waals surface area contributed by atoms with Crippen LogP contribution in [0.3, 0.4) is 0 Å². The van der Waals surface area contributed by atoms with Crippen molar-refractivity contribution >= 4 is 29.3 Å². The van der Waals surface area contributed by atoms with Gasteiger partial charge in [-0.2, -0.15) is 0 Å². The summed E-state index contributed by atoms with van der Waals surface area (Å²) in [6.45, 7) is 1.97. The predicted octanol–water partition coefficient (Wildman–Crippen LogP) is 2.93. The number of amides is 2. The molecule has 0 spiro atoms. The van der Waals surface area contributed by atoms with Crippen molar-refractivity contribution in [3.05, 3.63) is 54.1 Å². The summed E-state index contributed by atoms with van der Waals surface area (Å²) in [4.78, 5) is 28.2. The van der Waals surface area contributed by atoms with Crippen LogP contribution >= 0.6 is 11.8 Å². The molecule has 0 bridgehead atoms. The first-order valence-electron chi connectivity index (χ1n) is 9.74. The molecule has 2 aromatic carbocycles. The molecule has 30 heavy (non-hydrogen) atoms. The number of methoxy groups -OCH3 is 2. The molecule has 2 aromatic rings. The van der Waals surface area contributed by atoms with Gasteiger partial charge in [-0.3, -0.25) is 9.59 Å². The molecule has 7 nitrogen and oxygen atoms in total. The van der Waals surface area contributed by atoms with Gasteiger partial charge in [0.15, 0.2) is 0 Å². The second kappa shape index (κ2) is 8.20. The van der Waals surface area contributed by atoms with Crippen molar-refractivity contribution in [2.45, 2.75) is 24.4 Å². The lowest BCUT2D eigenvalue weighted by atomic mass is 10.1. The molecule has 2 saturated heterocycles. The van der Waals surface area contributed by atoms with E-state index in [0.717, 1.165) is 11.3 Å². The third-order valence-corrected chi connectivity index (χ3v) is 6.94. The van der Waals surface area contributed by atoms with Crippen LogP contribution in [-0.2, 0) is 9.59 Å². The molecular weight excluding hydrogens is 402 g/mol. The van der Waals surface area contributed by atoms with Gasteiger partial charge in [-0.1, -0.05) is 18.2 Å². The van der Waals surface area contributed by atoms with Crippen LogP contribution in [-0.4, -0.2) is 60.8 Å². The highest BCUT2D eigenvalue weighted by Gasteiger charge is 2.52. The van der Waals surface area contributed by atoms with Crippen LogP contribution in [0.4, 0.5) is 5.69 Å². The smallest absolute Gasteiger partial charge is 0.266 e. The largest absolute Gasteiger partial charge is 0.497 e.